The van der Waals surface area contributed by atoms with Crippen molar-refractivity contribution >= 4 is 40.2 Å². The first-order valence-electron chi connectivity index (χ1n) is 7.59. The van der Waals surface area contributed by atoms with E-state index >= 15 is 0 Å². The summed E-state index contributed by atoms with van der Waals surface area (Å²) in [6.07, 6.45) is 0. The normalized spacial score (nSPS) is 11.9. The molecule has 0 saturated heterocycles. The lowest BCUT2D eigenvalue weighted by molar-refractivity contribution is 0.0914. The van der Waals surface area contributed by atoms with Gasteiger partial charge in [-0.25, -0.2) is 4.79 Å². The Morgan fingerprint density at radius 1 is 1.12 bits per heavy atom. The quantitative estimate of drug-likeness (QED) is 0.656. The standard InChI is InChI=1S/C18H16ClN3O3/c1-10(11-2-5-14(6-3-11)22-18(20)24)21-17(23)16-9-12-8-13(19)4-7-15(12)25-16/h2-10H,1H3,(H,21,23)(H3,20,22,24). The summed E-state index contributed by atoms with van der Waals surface area (Å²) in [7, 11) is 0. The van der Waals surface area contributed by atoms with Crippen LogP contribution in [0.2, 0.25) is 5.02 Å². The molecular formula is C18H16ClN3O3. The van der Waals surface area contributed by atoms with Crippen molar-refractivity contribution in [2.75, 3.05) is 5.32 Å². The molecular weight excluding hydrogens is 342 g/mol. The molecule has 25 heavy (non-hydrogen) atoms. The van der Waals surface area contributed by atoms with Crippen molar-refractivity contribution in [3.8, 4) is 0 Å². The Balaban J connectivity index is 1.71. The van der Waals surface area contributed by atoms with Gasteiger partial charge in [0.05, 0.1) is 6.04 Å². The number of urea groups is 1. The summed E-state index contributed by atoms with van der Waals surface area (Å²) in [4.78, 5) is 23.2. The van der Waals surface area contributed by atoms with E-state index in [-0.39, 0.29) is 17.7 Å². The Morgan fingerprint density at radius 3 is 2.52 bits per heavy atom. The van der Waals surface area contributed by atoms with Crippen LogP contribution in [-0.4, -0.2) is 11.9 Å². The molecule has 0 fully saturated rings. The third-order valence-electron chi connectivity index (χ3n) is 3.73. The number of rotatable bonds is 4. The number of benzene rings is 2. The maximum absolute atomic E-state index is 12.4. The van der Waals surface area contributed by atoms with Gasteiger partial charge in [-0.05, 0) is 48.9 Å². The molecule has 4 N–H and O–H groups in total. The minimum absolute atomic E-state index is 0.219. The van der Waals surface area contributed by atoms with Crippen LogP contribution in [0, 0.1) is 0 Å². The number of hydrogen-bond donors (Lipinski definition) is 3. The van der Waals surface area contributed by atoms with Crippen molar-refractivity contribution in [1.29, 1.82) is 0 Å². The number of primary amides is 1. The number of hydrogen-bond acceptors (Lipinski definition) is 3. The van der Waals surface area contributed by atoms with Crippen molar-refractivity contribution in [3.05, 3.63) is 64.9 Å². The second kappa shape index (κ2) is 6.86. The van der Waals surface area contributed by atoms with E-state index in [4.69, 9.17) is 21.8 Å². The Bertz CT molecular complexity index is 934. The van der Waals surface area contributed by atoms with Gasteiger partial charge >= 0.3 is 6.03 Å². The van der Waals surface area contributed by atoms with Gasteiger partial charge in [0, 0.05) is 16.1 Å². The number of carbonyl (C=O) groups is 2. The van der Waals surface area contributed by atoms with E-state index in [1.807, 2.05) is 6.92 Å². The number of furan rings is 1. The SMILES string of the molecule is CC(NC(=O)c1cc2cc(Cl)ccc2o1)c1ccc(NC(N)=O)cc1. The predicted octanol–water partition coefficient (Wildman–Crippen LogP) is 4.07. The fourth-order valence-corrected chi connectivity index (χ4v) is 2.66. The van der Waals surface area contributed by atoms with Gasteiger partial charge in [0.1, 0.15) is 5.58 Å². The van der Waals surface area contributed by atoms with E-state index in [0.29, 0.717) is 16.3 Å². The van der Waals surface area contributed by atoms with E-state index in [1.54, 1.807) is 48.5 Å². The van der Waals surface area contributed by atoms with Crippen LogP contribution in [0.3, 0.4) is 0 Å². The molecule has 1 heterocycles. The largest absolute Gasteiger partial charge is 0.451 e. The van der Waals surface area contributed by atoms with Gasteiger partial charge in [0.25, 0.3) is 5.91 Å². The molecule has 1 unspecified atom stereocenters. The van der Waals surface area contributed by atoms with Crippen LogP contribution >= 0.6 is 11.6 Å². The lowest BCUT2D eigenvalue weighted by Crippen LogP contribution is -2.26. The number of amides is 3. The molecule has 0 radical (unpaired) electrons. The summed E-state index contributed by atoms with van der Waals surface area (Å²) in [5, 5.41) is 6.71. The zero-order valence-electron chi connectivity index (χ0n) is 13.4. The number of carbonyl (C=O) groups excluding carboxylic acids is 2. The monoisotopic (exact) mass is 357 g/mol. The van der Waals surface area contributed by atoms with Crippen molar-refractivity contribution < 1.29 is 14.0 Å². The smallest absolute Gasteiger partial charge is 0.316 e. The van der Waals surface area contributed by atoms with Gasteiger partial charge in [-0.3, -0.25) is 4.79 Å². The molecule has 0 aliphatic rings. The van der Waals surface area contributed by atoms with Crippen molar-refractivity contribution in [1.82, 2.24) is 5.32 Å². The molecule has 0 aliphatic heterocycles. The Hall–Kier alpha value is -2.99. The van der Waals surface area contributed by atoms with Crippen molar-refractivity contribution in [2.24, 2.45) is 5.73 Å². The third kappa shape index (κ3) is 3.92. The number of nitrogens with one attached hydrogen (secondary N) is 2. The maximum atomic E-state index is 12.4. The molecule has 128 valence electrons. The van der Waals surface area contributed by atoms with Gasteiger partial charge < -0.3 is 20.8 Å². The van der Waals surface area contributed by atoms with Gasteiger partial charge in [-0.15, -0.1) is 0 Å². The zero-order valence-corrected chi connectivity index (χ0v) is 14.1. The summed E-state index contributed by atoms with van der Waals surface area (Å²) >= 11 is 5.94. The van der Waals surface area contributed by atoms with Crippen LogP contribution in [0.5, 0.6) is 0 Å². The van der Waals surface area contributed by atoms with Gasteiger partial charge in [0.15, 0.2) is 5.76 Å². The Morgan fingerprint density at radius 2 is 1.84 bits per heavy atom. The van der Waals surface area contributed by atoms with Crippen LogP contribution in [0.1, 0.15) is 29.1 Å². The van der Waals surface area contributed by atoms with Crippen molar-refractivity contribution in [3.63, 3.8) is 0 Å². The van der Waals surface area contributed by atoms with E-state index in [1.165, 1.54) is 0 Å². The Kier molecular flexibility index (Phi) is 4.63. The van der Waals surface area contributed by atoms with Gasteiger partial charge in [-0.2, -0.15) is 0 Å². The van der Waals surface area contributed by atoms with Crippen LogP contribution in [0.25, 0.3) is 11.0 Å². The van der Waals surface area contributed by atoms with Crippen LogP contribution in [0.15, 0.2) is 52.9 Å². The summed E-state index contributed by atoms with van der Waals surface area (Å²) in [5.41, 5.74) is 7.13. The highest BCUT2D eigenvalue weighted by atomic mass is 35.5. The van der Waals surface area contributed by atoms with E-state index in [2.05, 4.69) is 10.6 Å². The summed E-state index contributed by atoms with van der Waals surface area (Å²) in [6.45, 7) is 1.86. The second-order valence-corrected chi connectivity index (χ2v) is 6.04. The molecule has 0 saturated carbocycles. The zero-order chi connectivity index (χ0) is 18.0. The molecule has 2 aromatic carbocycles. The molecule has 0 spiro atoms. The molecule has 3 amide bonds. The molecule has 7 heteroatoms. The minimum atomic E-state index is -0.626. The molecule has 0 bridgehead atoms. The average molecular weight is 358 g/mol. The number of nitrogens with two attached hydrogens (primary N) is 1. The lowest BCUT2D eigenvalue weighted by atomic mass is 10.1. The van der Waals surface area contributed by atoms with Gasteiger partial charge in [0.2, 0.25) is 0 Å². The molecule has 1 atom stereocenters. The first-order chi connectivity index (χ1) is 11.9. The Labute approximate surface area is 148 Å². The van der Waals surface area contributed by atoms with Crippen LogP contribution < -0.4 is 16.4 Å². The van der Waals surface area contributed by atoms with E-state index in [0.717, 1.165) is 10.9 Å². The number of anilines is 1. The third-order valence-corrected chi connectivity index (χ3v) is 3.96. The highest BCUT2D eigenvalue weighted by Crippen LogP contribution is 2.24. The second-order valence-electron chi connectivity index (χ2n) is 5.60. The molecule has 3 aromatic rings. The lowest BCUT2D eigenvalue weighted by Gasteiger charge is -2.14. The number of fused-ring (bicyclic) bond motifs is 1. The van der Waals surface area contributed by atoms with E-state index in [9.17, 15) is 9.59 Å². The fraction of sp³-hybridized carbons (Fsp3) is 0.111. The highest BCUT2D eigenvalue weighted by Gasteiger charge is 2.16. The first kappa shape index (κ1) is 16.9. The highest BCUT2D eigenvalue weighted by molar-refractivity contribution is 6.31. The topological polar surface area (TPSA) is 97.4 Å². The summed E-state index contributed by atoms with van der Waals surface area (Å²) < 4.78 is 5.55. The molecule has 6 nitrogen and oxygen atoms in total. The van der Waals surface area contributed by atoms with Crippen molar-refractivity contribution in [2.45, 2.75) is 13.0 Å². The first-order valence-corrected chi connectivity index (χ1v) is 7.96. The summed E-state index contributed by atoms with van der Waals surface area (Å²) in [5.74, 6) is -0.102. The molecule has 3 rings (SSSR count). The van der Waals surface area contributed by atoms with E-state index < -0.39 is 6.03 Å². The minimum Gasteiger partial charge on any atom is -0.451 e. The fourth-order valence-electron chi connectivity index (χ4n) is 2.47. The van der Waals surface area contributed by atoms with Crippen LogP contribution in [0.4, 0.5) is 10.5 Å². The maximum Gasteiger partial charge on any atom is 0.316 e. The predicted molar refractivity (Wildman–Crippen MR) is 96.8 cm³/mol. The summed E-state index contributed by atoms with van der Waals surface area (Å²) in [6, 6.07) is 13.0. The average Bonchev–Trinajstić information content (AvgIpc) is 2.98. The van der Waals surface area contributed by atoms with Gasteiger partial charge in [-0.1, -0.05) is 23.7 Å². The van der Waals surface area contributed by atoms with Crippen LogP contribution in [-0.2, 0) is 0 Å². The molecule has 1 aromatic heterocycles. The number of halogens is 1. The molecule has 0 aliphatic carbocycles.